The summed E-state index contributed by atoms with van der Waals surface area (Å²) in [6.07, 6.45) is 0. The van der Waals surface area contributed by atoms with Crippen LogP contribution in [0.3, 0.4) is 0 Å². The van der Waals surface area contributed by atoms with Crippen molar-refractivity contribution in [3.05, 3.63) is 46.4 Å². The van der Waals surface area contributed by atoms with E-state index in [4.69, 9.17) is 16.2 Å². The van der Waals surface area contributed by atoms with Gasteiger partial charge >= 0.3 is 0 Å². The standard InChI is InChI=1S/C7H7BrFNO.C7H8FNO/c1-11-7-3-6(10)4(8)2-5(7)9;1-10-7-4-5(9)2-3-6(7)8/h2-3H,10H2,1H3;2-4H,9H2,1H3. The second kappa shape index (κ2) is 7.68. The average Bonchev–Trinajstić information content (AvgIpc) is 2.46. The predicted octanol–water partition coefficient (Wildman–Crippen LogP) is 3.60. The van der Waals surface area contributed by atoms with Gasteiger partial charge in [-0.3, -0.25) is 0 Å². The van der Waals surface area contributed by atoms with E-state index in [1.165, 1.54) is 44.6 Å². The van der Waals surface area contributed by atoms with Gasteiger partial charge in [-0.25, -0.2) is 8.78 Å². The highest BCUT2D eigenvalue weighted by Gasteiger charge is 2.05. The molecule has 2 aromatic rings. The fourth-order valence-electron chi connectivity index (χ4n) is 1.38. The first kappa shape index (κ1) is 17.0. The number of methoxy groups -OCH3 is 2. The summed E-state index contributed by atoms with van der Waals surface area (Å²) in [5, 5.41) is 0. The number of nitrogens with two attached hydrogens (primary N) is 2. The minimum atomic E-state index is -0.423. The zero-order chi connectivity index (χ0) is 16.0. The first-order valence-corrected chi connectivity index (χ1v) is 6.55. The molecule has 0 spiro atoms. The molecule has 21 heavy (non-hydrogen) atoms. The Morgan fingerprint density at radius 1 is 0.905 bits per heavy atom. The lowest BCUT2D eigenvalue weighted by atomic mass is 10.3. The molecule has 0 aliphatic rings. The molecule has 0 atom stereocenters. The average molecular weight is 361 g/mol. The molecule has 0 unspecified atom stereocenters. The third-order valence-electron chi connectivity index (χ3n) is 2.45. The topological polar surface area (TPSA) is 70.5 Å². The maximum atomic E-state index is 12.8. The van der Waals surface area contributed by atoms with E-state index in [1.54, 1.807) is 0 Å². The van der Waals surface area contributed by atoms with E-state index in [0.717, 1.165) is 0 Å². The maximum Gasteiger partial charge on any atom is 0.166 e. The molecule has 114 valence electrons. The molecule has 2 aromatic carbocycles. The zero-order valence-electron chi connectivity index (χ0n) is 11.5. The molecule has 0 radical (unpaired) electrons. The summed E-state index contributed by atoms with van der Waals surface area (Å²) in [7, 11) is 2.80. The lowest BCUT2D eigenvalue weighted by molar-refractivity contribution is 0.386. The number of nitrogen functional groups attached to an aromatic ring is 2. The van der Waals surface area contributed by atoms with Gasteiger partial charge in [0, 0.05) is 28.0 Å². The Labute approximate surface area is 129 Å². The van der Waals surface area contributed by atoms with Gasteiger partial charge in [0.25, 0.3) is 0 Å². The molecule has 4 N–H and O–H groups in total. The Kier molecular flexibility index (Phi) is 6.23. The summed E-state index contributed by atoms with van der Waals surface area (Å²) in [6, 6.07) is 6.90. The Morgan fingerprint density at radius 3 is 2.00 bits per heavy atom. The number of hydrogen-bond donors (Lipinski definition) is 2. The van der Waals surface area contributed by atoms with Crippen LogP contribution in [0, 0.1) is 11.6 Å². The summed E-state index contributed by atoms with van der Waals surface area (Å²) in [4.78, 5) is 0. The van der Waals surface area contributed by atoms with Crippen molar-refractivity contribution < 1.29 is 18.3 Å². The molecule has 0 aliphatic heterocycles. The molecule has 0 saturated heterocycles. The fourth-order valence-corrected chi connectivity index (χ4v) is 1.69. The minimum Gasteiger partial charge on any atom is -0.494 e. The van der Waals surface area contributed by atoms with Crippen LogP contribution in [-0.4, -0.2) is 14.2 Å². The van der Waals surface area contributed by atoms with Gasteiger partial charge in [-0.15, -0.1) is 0 Å². The van der Waals surface area contributed by atoms with Crippen molar-refractivity contribution in [3.63, 3.8) is 0 Å². The van der Waals surface area contributed by atoms with Gasteiger partial charge in [-0.1, -0.05) is 0 Å². The largest absolute Gasteiger partial charge is 0.494 e. The van der Waals surface area contributed by atoms with Crippen LogP contribution in [0.1, 0.15) is 0 Å². The molecule has 4 nitrogen and oxygen atoms in total. The zero-order valence-corrected chi connectivity index (χ0v) is 13.1. The van der Waals surface area contributed by atoms with Gasteiger partial charge in [0.15, 0.2) is 23.1 Å². The van der Waals surface area contributed by atoms with Crippen molar-refractivity contribution in [2.75, 3.05) is 25.7 Å². The third kappa shape index (κ3) is 4.78. The van der Waals surface area contributed by atoms with Crippen LogP contribution in [0.25, 0.3) is 0 Å². The summed E-state index contributed by atoms with van der Waals surface area (Å²) in [6.45, 7) is 0. The van der Waals surface area contributed by atoms with E-state index in [1.807, 2.05) is 0 Å². The molecule has 0 fully saturated rings. The molecular formula is C14H15BrF2N2O2. The molecule has 0 heterocycles. The van der Waals surface area contributed by atoms with Crippen molar-refractivity contribution in [1.29, 1.82) is 0 Å². The van der Waals surface area contributed by atoms with E-state index < -0.39 is 11.6 Å². The van der Waals surface area contributed by atoms with Crippen LogP contribution in [0.5, 0.6) is 11.5 Å². The lowest BCUT2D eigenvalue weighted by Crippen LogP contribution is -1.92. The van der Waals surface area contributed by atoms with Gasteiger partial charge in [0.05, 0.1) is 14.2 Å². The summed E-state index contributed by atoms with van der Waals surface area (Å²) in [5.41, 5.74) is 11.8. The maximum absolute atomic E-state index is 12.8. The van der Waals surface area contributed by atoms with Crippen molar-refractivity contribution in [2.24, 2.45) is 0 Å². The second-order valence-corrected chi connectivity index (χ2v) is 4.76. The van der Waals surface area contributed by atoms with Crippen LogP contribution in [0.4, 0.5) is 20.2 Å². The van der Waals surface area contributed by atoms with Gasteiger partial charge in [-0.05, 0) is 34.1 Å². The molecule has 2 rings (SSSR count). The van der Waals surface area contributed by atoms with Gasteiger partial charge in [0.1, 0.15) is 0 Å². The monoisotopic (exact) mass is 360 g/mol. The molecule has 0 amide bonds. The third-order valence-corrected chi connectivity index (χ3v) is 3.13. The lowest BCUT2D eigenvalue weighted by Gasteiger charge is -2.03. The van der Waals surface area contributed by atoms with Crippen molar-refractivity contribution in [1.82, 2.24) is 0 Å². The van der Waals surface area contributed by atoms with Gasteiger partial charge in [0.2, 0.25) is 0 Å². The smallest absolute Gasteiger partial charge is 0.166 e. The van der Waals surface area contributed by atoms with Crippen LogP contribution < -0.4 is 20.9 Å². The molecule has 0 aliphatic carbocycles. The minimum absolute atomic E-state index is 0.158. The van der Waals surface area contributed by atoms with E-state index in [0.29, 0.717) is 15.8 Å². The normalized spacial score (nSPS) is 9.57. The molecule has 0 saturated carbocycles. The molecule has 0 aromatic heterocycles. The Balaban J connectivity index is 0.000000211. The number of hydrogen-bond acceptors (Lipinski definition) is 4. The van der Waals surface area contributed by atoms with Crippen molar-refractivity contribution >= 4 is 27.3 Å². The Morgan fingerprint density at radius 2 is 1.48 bits per heavy atom. The number of ether oxygens (including phenoxy) is 2. The second-order valence-electron chi connectivity index (χ2n) is 3.90. The van der Waals surface area contributed by atoms with Crippen LogP contribution in [-0.2, 0) is 0 Å². The van der Waals surface area contributed by atoms with Crippen molar-refractivity contribution in [3.8, 4) is 11.5 Å². The Hall–Kier alpha value is -2.02. The Bertz CT molecular complexity index is 624. The number of anilines is 2. The molecule has 7 heteroatoms. The molecule has 0 bridgehead atoms. The predicted molar refractivity (Wildman–Crippen MR) is 82.4 cm³/mol. The summed E-state index contributed by atoms with van der Waals surface area (Å²) in [5.74, 6) is -0.476. The number of benzene rings is 2. The molecular weight excluding hydrogens is 346 g/mol. The fraction of sp³-hybridized carbons (Fsp3) is 0.143. The van der Waals surface area contributed by atoms with Crippen LogP contribution in [0.2, 0.25) is 0 Å². The highest BCUT2D eigenvalue weighted by molar-refractivity contribution is 9.10. The summed E-state index contributed by atoms with van der Waals surface area (Å²) >= 11 is 3.09. The number of halogens is 3. The quantitative estimate of drug-likeness (QED) is 0.802. The first-order valence-electron chi connectivity index (χ1n) is 5.76. The van der Waals surface area contributed by atoms with E-state index in [-0.39, 0.29) is 11.5 Å². The van der Waals surface area contributed by atoms with Crippen LogP contribution in [0.15, 0.2) is 34.8 Å². The van der Waals surface area contributed by atoms with Gasteiger partial charge in [-0.2, -0.15) is 0 Å². The van der Waals surface area contributed by atoms with E-state index in [9.17, 15) is 8.78 Å². The van der Waals surface area contributed by atoms with Gasteiger partial charge < -0.3 is 20.9 Å². The van der Waals surface area contributed by atoms with Crippen LogP contribution >= 0.6 is 15.9 Å². The van der Waals surface area contributed by atoms with E-state index in [2.05, 4.69) is 20.7 Å². The highest BCUT2D eigenvalue weighted by atomic mass is 79.9. The van der Waals surface area contributed by atoms with E-state index >= 15 is 0 Å². The van der Waals surface area contributed by atoms with Crippen molar-refractivity contribution in [2.45, 2.75) is 0 Å². The number of rotatable bonds is 2. The summed E-state index contributed by atoms with van der Waals surface area (Å²) < 4.78 is 35.3. The first-order chi connectivity index (χ1) is 9.88. The highest BCUT2D eigenvalue weighted by Crippen LogP contribution is 2.27. The SMILES string of the molecule is COc1cc(N)c(Br)cc1F.COc1cc(N)ccc1F.